The Morgan fingerprint density at radius 1 is 1.62 bits per heavy atom. The van der Waals surface area contributed by atoms with Crippen LogP contribution in [0.2, 0.25) is 0 Å². The van der Waals surface area contributed by atoms with Crippen molar-refractivity contribution >= 4 is 5.97 Å². The summed E-state index contributed by atoms with van der Waals surface area (Å²) in [6, 6.07) is 0. The van der Waals surface area contributed by atoms with E-state index in [-0.39, 0.29) is 24.3 Å². The number of ether oxygens (including phenoxy) is 2. The molecule has 3 nitrogen and oxygen atoms in total. The Hall–Kier alpha value is -0.830. The summed E-state index contributed by atoms with van der Waals surface area (Å²) >= 11 is 0. The minimum absolute atomic E-state index is 0.00995. The van der Waals surface area contributed by atoms with Crippen molar-refractivity contribution in [2.24, 2.45) is 0 Å². The molecule has 3 atom stereocenters. The van der Waals surface area contributed by atoms with E-state index in [0.717, 1.165) is 12.8 Å². The van der Waals surface area contributed by atoms with Crippen molar-refractivity contribution in [3.05, 3.63) is 12.7 Å². The summed E-state index contributed by atoms with van der Waals surface area (Å²) in [6.07, 6.45) is 3.42. The standard InChI is InChI=1S/C10H16O3/c1-4-9-6-10(13-8(3)11)5-7(2)12-9/h4,7,9-10H,1,5-6H2,2-3H3/t7-,9-,10-/m0/s1. The first-order chi connectivity index (χ1) is 6.11. The van der Waals surface area contributed by atoms with Gasteiger partial charge in [0.05, 0.1) is 12.2 Å². The monoisotopic (exact) mass is 184 g/mol. The highest BCUT2D eigenvalue weighted by molar-refractivity contribution is 5.66. The van der Waals surface area contributed by atoms with E-state index in [1.54, 1.807) is 6.08 Å². The summed E-state index contributed by atoms with van der Waals surface area (Å²) in [5.41, 5.74) is 0. The van der Waals surface area contributed by atoms with Gasteiger partial charge in [-0.3, -0.25) is 4.79 Å². The molecule has 0 spiro atoms. The van der Waals surface area contributed by atoms with Crippen LogP contribution in [0.4, 0.5) is 0 Å². The molecule has 1 aliphatic heterocycles. The Morgan fingerprint density at radius 3 is 2.85 bits per heavy atom. The summed E-state index contributed by atoms with van der Waals surface area (Å²) < 4.78 is 10.7. The van der Waals surface area contributed by atoms with E-state index >= 15 is 0 Å². The predicted molar refractivity (Wildman–Crippen MR) is 49.3 cm³/mol. The number of rotatable bonds is 2. The molecule has 1 fully saturated rings. The molecule has 1 heterocycles. The van der Waals surface area contributed by atoms with Crippen LogP contribution in [0, 0.1) is 0 Å². The fraction of sp³-hybridized carbons (Fsp3) is 0.700. The van der Waals surface area contributed by atoms with Crippen LogP contribution < -0.4 is 0 Å². The zero-order chi connectivity index (χ0) is 9.84. The molecule has 0 saturated carbocycles. The topological polar surface area (TPSA) is 35.5 Å². The van der Waals surface area contributed by atoms with Crippen molar-refractivity contribution in [2.75, 3.05) is 0 Å². The van der Waals surface area contributed by atoms with Crippen LogP contribution in [0.3, 0.4) is 0 Å². The Kier molecular flexibility index (Phi) is 3.48. The van der Waals surface area contributed by atoms with Crippen LogP contribution in [0.5, 0.6) is 0 Å². The van der Waals surface area contributed by atoms with E-state index in [9.17, 15) is 4.79 Å². The third-order valence-corrected chi connectivity index (χ3v) is 2.09. The minimum atomic E-state index is -0.220. The fourth-order valence-corrected chi connectivity index (χ4v) is 1.62. The van der Waals surface area contributed by atoms with Gasteiger partial charge in [-0.25, -0.2) is 0 Å². The molecular weight excluding hydrogens is 168 g/mol. The summed E-state index contributed by atoms with van der Waals surface area (Å²) in [7, 11) is 0. The van der Waals surface area contributed by atoms with Gasteiger partial charge in [-0.05, 0) is 6.92 Å². The average molecular weight is 184 g/mol. The Morgan fingerprint density at radius 2 is 2.31 bits per heavy atom. The lowest BCUT2D eigenvalue weighted by molar-refractivity contribution is -0.155. The molecule has 0 unspecified atom stereocenters. The van der Waals surface area contributed by atoms with Gasteiger partial charge < -0.3 is 9.47 Å². The third kappa shape index (κ3) is 3.19. The van der Waals surface area contributed by atoms with Crippen molar-refractivity contribution in [3.63, 3.8) is 0 Å². The highest BCUT2D eigenvalue weighted by Gasteiger charge is 2.27. The lowest BCUT2D eigenvalue weighted by atomic mass is 10.0. The number of hydrogen-bond donors (Lipinski definition) is 0. The third-order valence-electron chi connectivity index (χ3n) is 2.09. The second kappa shape index (κ2) is 4.42. The second-order valence-corrected chi connectivity index (χ2v) is 3.42. The minimum Gasteiger partial charge on any atom is -0.462 e. The van der Waals surface area contributed by atoms with E-state index in [1.165, 1.54) is 6.92 Å². The molecule has 13 heavy (non-hydrogen) atoms. The molecule has 0 amide bonds. The first-order valence-electron chi connectivity index (χ1n) is 4.57. The molecule has 0 aliphatic carbocycles. The van der Waals surface area contributed by atoms with Gasteiger partial charge in [0, 0.05) is 19.8 Å². The second-order valence-electron chi connectivity index (χ2n) is 3.42. The van der Waals surface area contributed by atoms with Gasteiger partial charge in [0.15, 0.2) is 0 Å². The summed E-state index contributed by atoms with van der Waals surface area (Å²) in [4.78, 5) is 10.7. The fourth-order valence-electron chi connectivity index (χ4n) is 1.62. The van der Waals surface area contributed by atoms with Gasteiger partial charge in [-0.15, -0.1) is 6.58 Å². The lowest BCUT2D eigenvalue weighted by Crippen LogP contribution is -2.35. The molecule has 1 rings (SSSR count). The normalized spacial score (nSPS) is 33.8. The van der Waals surface area contributed by atoms with Gasteiger partial charge in [0.25, 0.3) is 0 Å². The zero-order valence-electron chi connectivity index (χ0n) is 8.16. The number of hydrogen-bond acceptors (Lipinski definition) is 3. The predicted octanol–water partition coefficient (Wildman–Crippen LogP) is 1.67. The van der Waals surface area contributed by atoms with Crippen molar-refractivity contribution in [1.29, 1.82) is 0 Å². The Balaban J connectivity index is 2.46. The van der Waals surface area contributed by atoms with Gasteiger partial charge >= 0.3 is 5.97 Å². The molecule has 3 heteroatoms. The number of carbonyl (C=O) groups is 1. The van der Waals surface area contributed by atoms with E-state index in [1.807, 2.05) is 6.92 Å². The molecule has 0 aromatic rings. The highest BCUT2D eigenvalue weighted by atomic mass is 16.6. The lowest BCUT2D eigenvalue weighted by Gasteiger charge is -2.31. The molecule has 1 aliphatic rings. The molecule has 1 saturated heterocycles. The van der Waals surface area contributed by atoms with Crippen LogP contribution in [0.15, 0.2) is 12.7 Å². The van der Waals surface area contributed by atoms with Gasteiger partial charge in [-0.1, -0.05) is 6.08 Å². The molecule has 0 bridgehead atoms. The smallest absolute Gasteiger partial charge is 0.302 e. The van der Waals surface area contributed by atoms with Crippen molar-refractivity contribution in [3.8, 4) is 0 Å². The summed E-state index contributed by atoms with van der Waals surface area (Å²) in [5.74, 6) is -0.220. The molecule has 0 radical (unpaired) electrons. The van der Waals surface area contributed by atoms with Crippen molar-refractivity contribution in [1.82, 2.24) is 0 Å². The van der Waals surface area contributed by atoms with Crippen LogP contribution in [0.25, 0.3) is 0 Å². The van der Waals surface area contributed by atoms with E-state index in [0.29, 0.717) is 0 Å². The highest BCUT2D eigenvalue weighted by Crippen LogP contribution is 2.22. The van der Waals surface area contributed by atoms with E-state index in [4.69, 9.17) is 9.47 Å². The maximum Gasteiger partial charge on any atom is 0.302 e. The Bertz CT molecular complexity index is 200. The maximum absolute atomic E-state index is 10.7. The number of carbonyl (C=O) groups excluding carboxylic acids is 1. The van der Waals surface area contributed by atoms with E-state index < -0.39 is 0 Å². The maximum atomic E-state index is 10.7. The van der Waals surface area contributed by atoms with Crippen LogP contribution in [-0.4, -0.2) is 24.3 Å². The van der Waals surface area contributed by atoms with Crippen LogP contribution in [0.1, 0.15) is 26.7 Å². The largest absolute Gasteiger partial charge is 0.462 e. The Labute approximate surface area is 78.7 Å². The first-order valence-corrected chi connectivity index (χ1v) is 4.57. The molecule has 0 aromatic carbocycles. The SMILES string of the molecule is C=C[C@H]1C[C@@H](OC(C)=O)C[C@H](C)O1. The first kappa shape index (κ1) is 10.3. The van der Waals surface area contributed by atoms with Crippen LogP contribution >= 0.6 is 0 Å². The van der Waals surface area contributed by atoms with Crippen LogP contribution in [-0.2, 0) is 14.3 Å². The van der Waals surface area contributed by atoms with Gasteiger partial charge in [0.1, 0.15) is 6.10 Å². The summed E-state index contributed by atoms with van der Waals surface area (Å²) in [5, 5.41) is 0. The van der Waals surface area contributed by atoms with Gasteiger partial charge in [0.2, 0.25) is 0 Å². The quantitative estimate of drug-likeness (QED) is 0.483. The molecule has 0 aromatic heterocycles. The molecule has 0 N–H and O–H groups in total. The number of esters is 1. The zero-order valence-corrected chi connectivity index (χ0v) is 8.16. The average Bonchev–Trinajstić information content (AvgIpc) is 2.01. The molecule has 74 valence electrons. The van der Waals surface area contributed by atoms with Crippen molar-refractivity contribution < 1.29 is 14.3 Å². The van der Waals surface area contributed by atoms with E-state index in [2.05, 4.69) is 6.58 Å². The van der Waals surface area contributed by atoms with Crippen molar-refractivity contribution in [2.45, 2.75) is 45.0 Å². The molecular formula is C10H16O3. The van der Waals surface area contributed by atoms with Gasteiger partial charge in [-0.2, -0.15) is 0 Å². The summed E-state index contributed by atoms with van der Waals surface area (Å²) in [6.45, 7) is 7.08.